The Morgan fingerprint density at radius 1 is 1.26 bits per heavy atom. The highest BCUT2D eigenvalue weighted by Gasteiger charge is 2.26. The van der Waals surface area contributed by atoms with Crippen LogP contribution in [0.1, 0.15) is 37.0 Å². The van der Waals surface area contributed by atoms with Crippen molar-refractivity contribution in [3.05, 3.63) is 62.3 Å². The molecular formula is C25H33N7O5S. The molecule has 4 N–H and O–H groups in total. The number of rotatable bonds is 9. The van der Waals surface area contributed by atoms with E-state index >= 15 is 0 Å². The molecule has 4 rings (SSSR count). The standard InChI is InChI=1S/C25H33N7O5S/c1-16(2)10-12-31-21-22(28-24(31)30-11-6-7-17(26)13-30)29(3)25(35)32(23(21)34)14-20(33)18-8-4-5-9-19(18)27-15-38(36)37/h4-5,8-10,17,27H,6-7,11-15,26H2,1-3H3,(H,36,37). The number of Topliss-reactive ketones (excluding diaryl/α,β-unsaturated/α-hetero) is 1. The number of hydrogen-bond acceptors (Lipinski definition) is 8. The Kier molecular flexibility index (Phi) is 8.29. The molecule has 3 aromatic rings. The number of ketones is 1. The number of fused-ring (bicyclic) bond motifs is 1. The molecule has 0 bridgehead atoms. The lowest BCUT2D eigenvalue weighted by Crippen LogP contribution is -2.44. The minimum atomic E-state index is -2.12. The van der Waals surface area contributed by atoms with Crippen LogP contribution in [0.15, 0.2) is 45.5 Å². The van der Waals surface area contributed by atoms with Crippen molar-refractivity contribution in [2.24, 2.45) is 12.8 Å². The van der Waals surface area contributed by atoms with Gasteiger partial charge in [0.05, 0.1) is 6.54 Å². The van der Waals surface area contributed by atoms with Gasteiger partial charge in [0, 0.05) is 44.0 Å². The molecular weight excluding hydrogens is 510 g/mol. The molecule has 0 saturated carbocycles. The van der Waals surface area contributed by atoms with Crippen LogP contribution in [-0.4, -0.2) is 58.2 Å². The number of imidazole rings is 1. The highest BCUT2D eigenvalue weighted by atomic mass is 32.2. The van der Waals surface area contributed by atoms with Crippen molar-refractivity contribution in [1.29, 1.82) is 0 Å². The van der Waals surface area contributed by atoms with Gasteiger partial charge in [-0.1, -0.05) is 23.8 Å². The number of benzene rings is 1. The lowest BCUT2D eigenvalue weighted by atomic mass is 10.1. The molecule has 0 spiro atoms. The SMILES string of the molecule is CC(C)=CCn1c(N2CCCC(N)C2)nc2c1c(=O)n(CC(=O)c1ccccc1NCS(=O)O)c(=O)n2C. The summed E-state index contributed by atoms with van der Waals surface area (Å²) >= 11 is -2.12. The normalized spacial score (nSPS) is 16.4. The number of nitrogens with zero attached hydrogens (tertiary/aromatic N) is 5. The lowest BCUT2D eigenvalue weighted by Gasteiger charge is -2.31. The lowest BCUT2D eigenvalue weighted by molar-refractivity contribution is 0.0969. The van der Waals surface area contributed by atoms with E-state index in [1.54, 1.807) is 22.8 Å². The molecule has 0 amide bonds. The zero-order valence-electron chi connectivity index (χ0n) is 21.7. The van der Waals surface area contributed by atoms with Gasteiger partial charge in [0.25, 0.3) is 5.56 Å². The summed E-state index contributed by atoms with van der Waals surface area (Å²) in [4.78, 5) is 47.1. The van der Waals surface area contributed by atoms with Crippen molar-refractivity contribution in [2.45, 2.75) is 45.8 Å². The maximum Gasteiger partial charge on any atom is 0.332 e. The molecule has 3 heterocycles. The molecule has 13 heteroatoms. The summed E-state index contributed by atoms with van der Waals surface area (Å²) in [6, 6.07) is 6.43. The number of anilines is 2. The predicted octanol–water partition coefficient (Wildman–Crippen LogP) is 1.26. The van der Waals surface area contributed by atoms with Gasteiger partial charge < -0.3 is 25.1 Å². The van der Waals surface area contributed by atoms with E-state index < -0.39 is 34.7 Å². The van der Waals surface area contributed by atoms with E-state index in [1.807, 2.05) is 24.8 Å². The summed E-state index contributed by atoms with van der Waals surface area (Å²) in [6.07, 6.45) is 3.77. The van der Waals surface area contributed by atoms with Gasteiger partial charge >= 0.3 is 5.69 Å². The van der Waals surface area contributed by atoms with Crippen molar-refractivity contribution in [3.63, 3.8) is 0 Å². The molecule has 12 nitrogen and oxygen atoms in total. The maximum absolute atomic E-state index is 13.8. The molecule has 1 fully saturated rings. The number of carbonyl (C=O) groups is 1. The van der Waals surface area contributed by atoms with Crippen LogP contribution in [0.4, 0.5) is 11.6 Å². The number of nitrogens with one attached hydrogen (secondary N) is 1. The minimum Gasteiger partial charge on any atom is -0.371 e. The van der Waals surface area contributed by atoms with E-state index in [1.165, 1.54) is 17.7 Å². The number of carbonyl (C=O) groups excluding carboxylic acids is 1. The fraction of sp³-hybridized carbons (Fsp3) is 0.440. The number of hydrogen-bond donors (Lipinski definition) is 3. The van der Waals surface area contributed by atoms with Crippen LogP contribution in [0.2, 0.25) is 0 Å². The summed E-state index contributed by atoms with van der Waals surface area (Å²) in [6.45, 7) is 5.10. The van der Waals surface area contributed by atoms with Crippen LogP contribution in [0.5, 0.6) is 0 Å². The van der Waals surface area contributed by atoms with Crippen LogP contribution in [0.25, 0.3) is 11.2 Å². The first-order valence-corrected chi connectivity index (χ1v) is 13.6. The average molecular weight is 544 g/mol. The number of nitrogens with two attached hydrogens (primary N) is 1. The van der Waals surface area contributed by atoms with Crippen molar-refractivity contribution >= 4 is 39.7 Å². The number of allylic oxidation sites excluding steroid dienone is 2. The highest BCUT2D eigenvalue weighted by molar-refractivity contribution is 7.79. The molecule has 2 atom stereocenters. The van der Waals surface area contributed by atoms with Crippen LogP contribution in [0.3, 0.4) is 0 Å². The highest BCUT2D eigenvalue weighted by Crippen LogP contribution is 2.23. The Bertz CT molecular complexity index is 1530. The quantitative estimate of drug-likeness (QED) is 0.205. The van der Waals surface area contributed by atoms with Gasteiger partial charge in [-0.2, -0.15) is 4.98 Å². The molecule has 0 radical (unpaired) electrons. The first-order valence-electron chi connectivity index (χ1n) is 12.4. The molecule has 1 aliphatic heterocycles. The van der Waals surface area contributed by atoms with Crippen LogP contribution >= 0.6 is 0 Å². The molecule has 204 valence electrons. The third-order valence-electron chi connectivity index (χ3n) is 6.55. The van der Waals surface area contributed by atoms with E-state index in [-0.39, 0.29) is 28.6 Å². The number of piperidine rings is 1. The molecule has 38 heavy (non-hydrogen) atoms. The Morgan fingerprint density at radius 2 is 2.00 bits per heavy atom. The van der Waals surface area contributed by atoms with Gasteiger partial charge in [0.15, 0.2) is 28.0 Å². The Balaban J connectivity index is 1.82. The summed E-state index contributed by atoms with van der Waals surface area (Å²) in [5, 5.41) is 2.75. The molecule has 1 aliphatic rings. The van der Waals surface area contributed by atoms with Gasteiger partial charge in [-0.25, -0.2) is 9.00 Å². The van der Waals surface area contributed by atoms with Gasteiger partial charge in [-0.15, -0.1) is 0 Å². The smallest absolute Gasteiger partial charge is 0.332 e. The van der Waals surface area contributed by atoms with Gasteiger partial charge in [-0.3, -0.25) is 18.7 Å². The van der Waals surface area contributed by atoms with E-state index in [4.69, 9.17) is 15.3 Å². The monoisotopic (exact) mass is 543 g/mol. The van der Waals surface area contributed by atoms with Gasteiger partial charge in [-0.05, 0) is 38.8 Å². The van der Waals surface area contributed by atoms with Crippen molar-refractivity contribution < 1.29 is 13.6 Å². The summed E-state index contributed by atoms with van der Waals surface area (Å²) in [7, 11) is 1.53. The first-order chi connectivity index (χ1) is 18.1. The molecule has 2 aromatic heterocycles. The number of aromatic nitrogens is 4. The van der Waals surface area contributed by atoms with Crippen LogP contribution in [0, 0.1) is 0 Å². The topological polar surface area (TPSA) is 157 Å². The first kappa shape index (κ1) is 27.5. The fourth-order valence-electron chi connectivity index (χ4n) is 4.63. The van der Waals surface area contributed by atoms with Crippen molar-refractivity contribution in [2.75, 3.05) is 29.2 Å². The Hall–Kier alpha value is -3.55. The molecule has 0 aliphatic carbocycles. The average Bonchev–Trinajstić information content (AvgIpc) is 3.27. The van der Waals surface area contributed by atoms with E-state index in [2.05, 4.69) is 5.32 Å². The zero-order valence-corrected chi connectivity index (χ0v) is 22.5. The molecule has 1 saturated heterocycles. The second-order valence-corrected chi connectivity index (χ2v) is 10.6. The predicted molar refractivity (Wildman–Crippen MR) is 148 cm³/mol. The van der Waals surface area contributed by atoms with E-state index in [9.17, 15) is 18.6 Å². The maximum atomic E-state index is 13.8. The summed E-state index contributed by atoms with van der Waals surface area (Å²) < 4.78 is 24.2. The number of aryl methyl sites for hydroxylation is 1. The second kappa shape index (κ2) is 11.5. The Morgan fingerprint density at radius 3 is 2.68 bits per heavy atom. The largest absolute Gasteiger partial charge is 0.371 e. The van der Waals surface area contributed by atoms with Gasteiger partial charge in [0.1, 0.15) is 5.88 Å². The van der Waals surface area contributed by atoms with E-state index in [0.29, 0.717) is 24.7 Å². The van der Waals surface area contributed by atoms with Crippen LogP contribution < -0.4 is 27.2 Å². The van der Waals surface area contributed by atoms with E-state index in [0.717, 1.165) is 29.5 Å². The second-order valence-electron chi connectivity index (χ2n) is 9.67. The van der Waals surface area contributed by atoms with Crippen LogP contribution in [-0.2, 0) is 31.2 Å². The molecule has 2 unspecified atom stereocenters. The third-order valence-corrected chi connectivity index (χ3v) is 6.94. The van der Waals surface area contributed by atoms with Gasteiger partial charge in [0.2, 0.25) is 5.95 Å². The number of para-hydroxylation sites is 1. The van der Waals surface area contributed by atoms with Crippen molar-refractivity contribution in [3.8, 4) is 0 Å². The molecule has 1 aromatic carbocycles. The zero-order chi connectivity index (χ0) is 27.6. The minimum absolute atomic E-state index is 0.0181. The van der Waals surface area contributed by atoms with Crippen molar-refractivity contribution in [1.82, 2.24) is 18.7 Å². The Labute approximate surface area is 222 Å². The third kappa shape index (κ3) is 5.64. The summed E-state index contributed by atoms with van der Waals surface area (Å²) in [5.74, 6) is -0.201. The fourth-order valence-corrected chi connectivity index (χ4v) is 4.91. The summed E-state index contributed by atoms with van der Waals surface area (Å²) in [5.41, 5.74) is 7.01.